The molecule has 1 fully saturated rings. The van der Waals surface area contributed by atoms with Crippen LogP contribution in [0.3, 0.4) is 0 Å². The molecule has 2 heterocycles. The van der Waals surface area contributed by atoms with Crippen LogP contribution in [0.15, 0.2) is 23.2 Å². The van der Waals surface area contributed by atoms with Crippen molar-refractivity contribution in [3.05, 3.63) is 23.6 Å². The summed E-state index contributed by atoms with van der Waals surface area (Å²) in [6.45, 7) is 9.01. The highest BCUT2D eigenvalue weighted by Gasteiger charge is 2.27. The highest BCUT2D eigenvalue weighted by atomic mass is 32.2. The molecule has 1 amide bonds. The third-order valence-electron chi connectivity index (χ3n) is 4.28. The average Bonchev–Trinajstić information content (AvgIpc) is 2.71. The maximum Gasteiger partial charge on any atom is 0.410 e. The van der Waals surface area contributed by atoms with Gasteiger partial charge in [0.15, 0.2) is 11.1 Å². The summed E-state index contributed by atoms with van der Waals surface area (Å²) in [7, 11) is 0. The predicted octanol–water partition coefficient (Wildman–Crippen LogP) is 3.78. The lowest BCUT2D eigenvalue weighted by atomic mass is 10.1. The van der Waals surface area contributed by atoms with Gasteiger partial charge < -0.3 is 19.7 Å². The number of nitrogens with zero attached hydrogens (tertiary/aromatic N) is 3. The molecule has 1 aromatic heterocycles. The normalized spacial score (nSPS) is 15.0. The van der Waals surface area contributed by atoms with E-state index in [-0.39, 0.29) is 17.9 Å². The van der Waals surface area contributed by atoms with Gasteiger partial charge in [0.25, 0.3) is 0 Å². The Kier molecular flexibility index (Phi) is 8.74. The fourth-order valence-electron chi connectivity index (χ4n) is 2.87. The Bertz CT molecular complexity index is 808. The van der Waals surface area contributed by atoms with E-state index < -0.39 is 5.60 Å². The Balaban J connectivity index is 2.06. The molecule has 0 atom stereocenters. The number of nitrogens with one attached hydrogen (secondary N) is 1. The van der Waals surface area contributed by atoms with Gasteiger partial charge in [-0.2, -0.15) is 0 Å². The number of carbonyl (C=O) groups excluding carboxylic acids is 2. The lowest BCUT2D eigenvalue weighted by Crippen LogP contribution is -2.44. The van der Waals surface area contributed by atoms with Gasteiger partial charge in [-0.3, -0.25) is 0 Å². The Labute approximate surface area is 182 Å². The summed E-state index contributed by atoms with van der Waals surface area (Å²) in [4.78, 5) is 33.8. The first-order chi connectivity index (χ1) is 14.3. The van der Waals surface area contributed by atoms with Crippen molar-refractivity contribution in [2.45, 2.75) is 57.3 Å². The van der Waals surface area contributed by atoms with E-state index in [1.54, 1.807) is 36.1 Å². The number of anilines is 1. The molecule has 0 aromatic carbocycles. The van der Waals surface area contributed by atoms with Crippen molar-refractivity contribution in [3.63, 3.8) is 0 Å². The third kappa shape index (κ3) is 7.39. The molecule has 164 valence electrons. The van der Waals surface area contributed by atoms with Gasteiger partial charge in [-0.1, -0.05) is 11.8 Å². The van der Waals surface area contributed by atoms with Gasteiger partial charge in [-0.05, 0) is 58.9 Å². The van der Waals surface area contributed by atoms with Crippen LogP contribution in [0, 0.1) is 0 Å². The zero-order valence-corrected chi connectivity index (χ0v) is 19.0. The molecule has 0 spiro atoms. The van der Waals surface area contributed by atoms with Crippen molar-refractivity contribution in [2.24, 2.45) is 0 Å². The first-order valence-corrected chi connectivity index (χ1v) is 11.2. The van der Waals surface area contributed by atoms with Gasteiger partial charge in [-0.15, -0.1) is 0 Å². The zero-order chi connectivity index (χ0) is 22.1. The average molecular weight is 435 g/mol. The molecule has 1 saturated heterocycles. The monoisotopic (exact) mass is 434 g/mol. The van der Waals surface area contributed by atoms with Gasteiger partial charge in [0.05, 0.1) is 6.61 Å². The summed E-state index contributed by atoms with van der Waals surface area (Å²) in [5.41, 5.74) is 0.244. The van der Waals surface area contributed by atoms with Crippen LogP contribution in [-0.2, 0) is 14.3 Å². The number of carbonyl (C=O) groups is 1. The van der Waals surface area contributed by atoms with E-state index in [9.17, 15) is 9.59 Å². The third-order valence-corrected chi connectivity index (χ3v) is 4.84. The topological polar surface area (TPSA) is 93.6 Å². The SMILES string of the molecule is CCOC(=C=O)C=Cc1cnc(SC)nc1NC1CCN(C(=O)OC(C)(C)C)CC1. The molecule has 0 bridgehead atoms. The van der Waals surface area contributed by atoms with E-state index in [0.29, 0.717) is 30.7 Å². The Hall–Kier alpha value is -2.51. The molecule has 8 nitrogen and oxygen atoms in total. The number of rotatable bonds is 7. The lowest BCUT2D eigenvalue weighted by molar-refractivity contribution is 0.0210. The van der Waals surface area contributed by atoms with Crippen LogP contribution in [0.25, 0.3) is 6.08 Å². The fraction of sp³-hybridized carbons (Fsp3) is 0.571. The predicted molar refractivity (Wildman–Crippen MR) is 118 cm³/mol. The molecule has 0 saturated carbocycles. The number of allylic oxidation sites excluding steroid dienone is 1. The number of piperidine rings is 1. The Morgan fingerprint density at radius 3 is 2.67 bits per heavy atom. The van der Waals surface area contributed by atoms with Crippen LogP contribution < -0.4 is 5.32 Å². The van der Waals surface area contributed by atoms with E-state index >= 15 is 0 Å². The number of ether oxygens (including phenoxy) is 2. The maximum atomic E-state index is 12.3. The quantitative estimate of drug-likeness (QED) is 0.228. The molecule has 1 aliphatic rings. The molecule has 0 unspecified atom stereocenters. The first-order valence-electron chi connectivity index (χ1n) is 9.97. The number of hydrogen-bond donors (Lipinski definition) is 1. The van der Waals surface area contributed by atoms with Crippen molar-refractivity contribution in [1.29, 1.82) is 0 Å². The number of thioether (sulfide) groups is 1. The van der Waals surface area contributed by atoms with E-state index in [1.807, 2.05) is 27.0 Å². The molecule has 2 rings (SSSR count). The minimum absolute atomic E-state index is 0.128. The second-order valence-corrected chi connectivity index (χ2v) is 8.55. The summed E-state index contributed by atoms with van der Waals surface area (Å²) >= 11 is 1.45. The van der Waals surface area contributed by atoms with Gasteiger partial charge in [-0.25, -0.2) is 19.6 Å². The molecule has 0 radical (unpaired) electrons. The largest absolute Gasteiger partial charge is 0.484 e. The number of hydrogen-bond acceptors (Lipinski definition) is 8. The second-order valence-electron chi connectivity index (χ2n) is 7.78. The number of aromatic nitrogens is 2. The minimum Gasteiger partial charge on any atom is -0.484 e. The molecule has 1 N–H and O–H groups in total. The molecule has 1 aliphatic heterocycles. The molecule has 0 aliphatic carbocycles. The van der Waals surface area contributed by atoms with E-state index in [4.69, 9.17) is 9.47 Å². The van der Waals surface area contributed by atoms with Crippen molar-refractivity contribution in [2.75, 3.05) is 31.3 Å². The summed E-state index contributed by atoms with van der Waals surface area (Å²) in [6.07, 6.45) is 8.19. The fourth-order valence-corrected chi connectivity index (χ4v) is 3.21. The first kappa shape index (κ1) is 23.8. The minimum atomic E-state index is -0.501. The molecular formula is C21H30N4O4S. The van der Waals surface area contributed by atoms with Crippen LogP contribution >= 0.6 is 11.8 Å². The summed E-state index contributed by atoms with van der Waals surface area (Å²) in [6, 6.07) is 0.161. The Morgan fingerprint density at radius 2 is 2.10 bits per heavy atom. The standard InChI is InChI=1S/C21H30N4O4S/c1-6-28-17(14-26)8-7-15-13-22-19(30-5)24-18(15)23-16-9-11-25(12-10-16)20(27)29-21(2,3)4/h7-8,13,16H,6,9-12H2,1-5H3,(H,22,23,24). The molecule has 9 heteroatoms. The summed E-state index contributed by atoms with van der Waals surface area (Å²) in [5, 5.41) is 4.11. The van der Waals surface area contributed by atoms with Crippen molar-refractivity contribution < 1.29 is 19.1 Å². The van der Waals surface area contributed by atoms with E-state index in [2.05, 4.69) is 15.3 Å². The highest BCUT2D eigenvalue weighted by Crippen LogP contribution is 2.23. The van der Waals surface area contributed by atoms with Crippen molar-refractivity contribution in [3.8, 4) is 0 Å². The van der Waals surface area contributed by atoms with Gasteiger partial charge in [0.2, 0.25) is 5.76 Å². The van der Waals surface area contributed by atoms with Crippen molar-refractivity contribution >= 4 is 35.7 Å². The van der Waals surface area contributed by atoms with Crippen LogP contribution in [-0.4, -0.2) is 64.5 Å². The van der Waals surface area contributed by atoms with Gasteiger partial charge in [0, 0.05) is 30.9 Å². The van der Waals surface area contributed by atoms with Crippen LogP contribution in [0.1, 0.15) is 46.1 Å². The van der Waals surface area contributed by atoms with Crippen LogP contribution in [0.5, 0.6) is 0 Å². The Morgan fingerprint density at radius 1 is 1.40 bits per heavy atom. The molecule has 1 aromatic rings. The maximum absolute atomic E-state index is 12.3. The van der Waals surface area contributed by atoms with E-state index in [1.165, 1.54) is 11.8 Å². The smallest absolute Gasteiger partial charge is 0.410 e. The van der Waals surface area contributed by atoms with Crippen molar-refractivity contribution in [1.82, 2.24) is 14.9 Å². The van der Waals surface area contributed by atoms with Gasteiger partial charge >= 0.3 is 6.09 Å². The van der Waals surface area contributed by atoms with E-state index in [0.717, 1.165) is 18.4 Å². The second kappa shape index (κ2) is 11.0. The lowest BCUT2D eigenvalue weighted by Gasteiger charge is -2.34. The highest BCUT2D eigenvalue weighted by molar-refractivity contribution is 7.98. The van der Waals surface area contributed by atoms with Crippen LogP contribution in [0.2, 0.25) is 0 Å². The zero-order valence-electron chi connectivity index (χ0n) is 18.2. The summed E-state index contributed by atoms with van der Waals surface area (Å²) in [5.74, 6) is 2.58. The van der Waals surface area contributed by atoms with Gasteiger partial charge in [0.1, 0.15) is 11.4 Å². The molecular weight excluding hydrogens is 404 g/mol. The summed E-state index contributed by atoms with van der Waals surface area (Å²) < 4.78 is 10.7. The van der Waals surface area contributed by atoms with Crippen LogP contribution in [0.4, 0.5) is 10.6 Å². The number of likely N-dealkylation sites (tertiary alicyclic amines) is 1. The molecule has 30 heavy (non-hydrogen) atoms. The number of amides is 1.